The second kappa shape index (κ2) is 9.45. The van der Waals surface area contributed by atoms with E-state index in [4.69, 9.17) is 28.9 Å². The normalized spacial score (nSPS) is 11.1. The average molecular weight is 472 g/mol. The Morgan fingerprint density at radius 3 is 2.56 bits per heavy atom. The minimum atomic E-state index is -0.615. The van der Waals surface area contributed by atoms with E-state index in [1.165, 1.54) is 10.9 Å². The van der Waals surface area contributed by atoms with Crippen LogP contribution in [0.5, 0.6) is 0 Å². The highest BCUT2D eigenvalue weighted by molar-refractivity contribution is 6.38. The van der Waals surface area contributed by atoms with Crippen molar-refractivity contribution < 1.29 is 9.42 Å². The zero-order valence-corrected chi connectivity index (χ0v) is 17.7. The van der Waals surface area contributed by atoms with Crippen molar-refractivity contribution in [2.24, 2.45) is 5.10 Å². The van der Waals surface area contributed by atoms with Crippen LogP contribution in [0, 0.1) is 0 Å². The number of benzene rings is 2. The number of rotatable bonds is 7. The lowest BCUT2D eigenvalue weighted by molar-refractivity contribution is 0.0949. The lowest BCUT2D eigenvalue weighted by atomic mass is 10.2. The first-order chi connectivity index (χ1) is 15.5. The van der Waals surface area contributed by atoms with Gasteiger partial charge in [-0.3, -0.25) is 4.79 Å². The monoisotopic (exact) mass is 471 g/mol. The summed E-state index contributed by atoms with van der Waals surface area (Å²) in [4.78, 5) is 12.8. The van der Waals surface area contributed by atoms with Crippen molar-refractivity contribution in [2.45, 2.75) is 6.54 Å². The zero-order chi connectivity index (χ0) is 22.5. The number of halogens is 2. The molecule has 0 atom stereocenters. The molecule has 0 saturated carbocycles. The number of nitrogens with two attached hydrogens (primary N) is 1. The van der Waals surface area contributed by atoms with Crippen molar-refractivity contribution in [1.29, 1.82) is 0 Å². The Morgan fingerprint density at radius 2 is 1.88 bits per heavy atom. The fourth-order valence-electron chi connectivity index (χ4n) is 2.73. The number of carbonyl (C=O) groups is 1. The number of anilines is 2. The number of carbonyl (C=O) groups excluding carboxylic acids is 1. The zero-order valence-electron chi connectivity index (χ0n) is 16.2. The lowest BCUT2D eigenvalue weighted by Gasteiger charge is -2.08. The van der Waals surface area contributed by atoms with Gasteiger partial charge in [0.1, 0.15) is 0 Å². The number of hydrazone groups is 1. The minimum absolute atomic E-state index is 0.00163. The van der Waals surface area contributed by atoms with Gasteiger partial charge in [-0.05, 0) is 34.6 Å². The summed E-state index contributed by atoms with van der Waals surface area (Å²) in [6.07, 6.45) is 1.34. The molecule has 1 amide bonds. The Hall–Kier alpha value is -3.96. The number of nitrogens with zero attached hydrogens (tertiary/aromatic N) is 6. The number of amides is 1. The number of nitrogen functional groups attached to an aromatic ring is 1. The molecular weight excluding hydrogens is 457 g/mol. The smallest absolute Gasteiger partial charge is 0.293 e. The van der Waals surface area contributed by atoms with Gasteiger partial charge in [0.05, 0.1) is 28.5 Å². The van der Waals surface area contributed by atoms with Gasteiger partial charge in [-0.1, -0.05) is 52.7 Å². The Bertz CT molecular complexity index is 1250. The molecule has 4 rings (SSSR count). The van der Waals surface area contributed by atoms with Gasteiger partial charge in [-0.25, -0.2) is 10.1 Å². The van der Waals surface area contributed by atoms with Crippen LogP contribution in [0.15, 0.2) is 58.3 Å². The van der Waals surface area contributed by atoms with Crippen LogP contribution in [0.25, 0.3) is 5.82 Å². The molecule has 2 aromatic heterocycles. The molecular formula is C19H15Cl2N9O2. The fraction of sp³-hybridized carbons (Fsp3) is 0.0526. The number of aromatic nitrogens is 5. The molecule has 4 N–H and O–H groups in total. The molecule has 162 valence electrons. The molecule has 0 unspecified atom stereocenters. The van der Waals surface area contributed by atoms with Crippen molar-refractivity contribution >= 4 is 46.8 Å². The molecule has 0 saturated heterocycles. The van der Waals surface area contributed by atoms with Gasteiger partial charge in [-0.2, -0.15) is 9.78 Å². The molecule has 0 aliphatic rings. The van der Waals surface area contributed by atoms with E-state index in [1.54, 1.807) is 18.2 Å². The van der Waals surface area contributed by atoms with Crippen molar-refractivity contribution in [3.8, 4) is 5.82 Å². The predicted molar refractivity (Wildman–Crippen MR) is 119 cm³/mol. The van der Waals surface area contributed by atoms with E-state index in [-0.39, 0.29) is 23.9 Å². The number of hydrogen-bond acceptors (Lipinski definition) is 9. The molecule has 2 heterocycles. The van der Waals surface area contributed by atoms with Crippen molar-refractivity contribution in [1.82, 2.24) is 30.7 Å². The third-order valence-electron chi connectivity index (χ3n) is 4.27. The summed E-state index contributed by atoms with van der Waals surface area (Å²) >= 11 is 12.2. The molecule has 0 fully saturated rings. The second-order valence-electron chi connectivity index (χ2n) is 6.32. The van der Waals surface area contributed by atoms with Crippen LogP contribution in [-0.2, 0) is 6.54 Å². The van der Waals surface area contributed by atoms with Crippen LogP contribution in [0.4, 0.5) is 11.5 Å². The summed E-state index contributed by atoms with van der Waals surface area (Å²) in [5, 5.41) is 23.1. The van der Waals surface area contributed by atoms with Crippen molar-refractivity contribution in [3.05, 3.63) is 75.5 Å². The van der Waals surface area contributed by atoms with E-state index < -0.39 is 5.91 Å². The van der Waals surface area contributed by atoms with Crippen LogP contribution in [0.2, 0.25) is 10.0 Å². The third kappa shape index (κ3) is 4.53. The van der Waals surface area contributed by atoms with Gasteiger partial charge < -0.3 is 11.1 Å². The lowest BCUT2D eigenvalue weighted by Crippen LogP contribution is -2.21. The topological polar surface area (TPSA) is 149 Å². The molecule has 0 aliphatic heterocycles. The predicted octanol–water partition coefficient (Wildman–Crippen LogP) is 2.92. The minimum Gasteiger partial charge on any atom is -0.379 e. The molecule has 4 aromatic rings. The molecule has 11 nitrogen and oxygen atoms in total. The molecule has 32 heavy (non-hydrogen) atoms. The second-order valence-corrected chi connectivity index (χ2v) is 7.14. The van der Waals surface area contributed by atoms with Gasteiger partial charge in [0.15, 0.2) is 5.69 Å². The Kier molecular flexibility index (Phi) is 6.29. The molecule has 0 radical (unpaired) electrons. The van der Waals surface area contributed by atoms with E-state index in [1.807, 2.05) is 30.3 Å². The van der Waals surface area contributed by atoms with Gasteiger partial charge in [-0.15, -0.1) is 5.10 Å². The highest BCUT2D eigenvalue weighted by Crippen LogP contribution is 2.22. The van der Waals surface area contributed by atoms with Gasteiger partial charge in [0.25, 0.3) is 5.91 Å². The van der Waals surface area contributed by atoms with Crippen molar-refractivity contribution in [3.63, 3.8) is 0 Å². The van der Waals surface area contributed by atoms with Crippen LogP contribution in [0.3, 0.4) is 0 Å². The van der Waals surface area contributed by atoms with E-state index >= 15 is 0 Å². The van der Waals surface area contributed by atoms with E-state index in [0.29, 0.717) is 21.3 Å². The van der Waals surface area contributed by atoms with E-state index in [0.717, 1.165) is 5.69 Å². The maximum absolute atomic E-state index is 12.8. The van der Waals surface area contributed by atoms with Gasteiger partial charge >= 0.3 is 0 Å². The quantitative estimate of drug-likeness (QED) is 0.275. The first kappa shape index (κ1) is 21.3. The maximum atomic E-state index is 12.8. The highest BCUT2D eigenvalue weighted by Gasteiger charge is 2.23. The number of para-hydroxylation sites is 1. The fourth-order valence-corrected chi connectivity index (χ4v) is 3.22. The van der Waals surface area contributed by atoms with E-state index in [9.17, 15) is 4.79 Å². The van der Waals surface area contributed by atoms with Gasteiger partial charge in [0, 0.05) is 11.3 Å². The third-order valence-corrected chi connectivity index (χ3v) is 4.93. The molecule has 2 aromatic carbocycles. The largest absolute Gasteiger partial charge is 0.379 e. The summed E-state index contributed by atoms with van der Waals surface area (Å²) < 4.78 is 5.91. The maximum Gasteiger partial charge on any atom is 0.293 e. The standard InChI is InChI=1S/C19H15Cl2N9O2/c20-13-7-4-8-14(21)12(13)9-24-26-19(31)16-15(10-23-11-5-2-1-3-6-11)30(29-25-16)18-17(22)27-32-28-18/h1-9,23H,10H2,(H2,22,27)(H,26,31)/b24-9+. The summed E-state index contributed by atoms with van der Waals surface area (Å²) in [7, 11) is 0. The molecule has 0 bridgehead atoms. The Morgan fingerprint density at radius 1 is 1.12 bits per heavy atom. The molecule has 0 spiro atoms. The highest BCUT2D eigenvalue weighted by atomic mass is 35.5. The van der Waals surface area contributed by atoms with Gasteiger partial charge in [0.2, 0.25) is 11.6 Å². The van der Waals surface area contributed by atoms with Crippen LogP contribution >= 0.6 is 23.2 Å². The van der Waals surface area contributed by atoms with Crippen molar-refractivity contribution in [2.75, 3.05) is 11.1 Å². The first-order valence-electron chi connectivity index (χ1n) is 9.14. The number of hydrogen-bond donors (Lipinski definition) is 3. The SMILES string of the molecule is Nc1nonc1-n1nnc(C(=O)N/N=C/c2c(Cl)cccc2Cl)c1CNc1ccccc1. The van der Waals surface area contributed by atoms with Crippen LogP contribution in [0.1, 0.15) is 21.7 Å². The number of nitrogens with one attached hydrogen (secondary N) is 2. The summed E-state index contributed by atoms with van der Waals surface area (Å²) in [6, 6.07) is 14.4. The molecule has 13 heteroatoms. The summed E-state index contributed by atoms with van der Waals surface area (Å²) in [5.74, 6) is -0.516. The van der Waals surface area contributed by atoms with Crippen LogP contribution < -0.4 is 16.5 Å². The molecule has 0 aliphatic carbocycles. The van der Waals surface area contributed by atoms with Crippen LogP contribution in [-0.4, -0.2) is 37.4 Å². The Balaban J connectivity index is 1.59. The summed E-state index contributed by atoms with van der Waals surface area (Å²) in [6.45, 7) is 0.173. The average Bonchev–Trinajstić information content (AvgIpc) is 3.40. The summed E-state index contributed by atoms with van der Waals surface area (Å²) in [5.41, 5.74) is 9.82. The first-order valence-corrected chi connectivity index (χ1v) is 9.89. The van der Waals surface area contributed by atoms with E-state index in [2.05, 4.69) is 41.1 Å². The Labute approximate surface area is 191 Å².